The molecule has 3 nitrogen and oxygen atoms in total. The summed E-state index contributed by atoms with van der Waals surface area (Å²) in [6.45, 7) is 3.44. The van der Waals surface area contributed by atoms with Crippen molar-refractivity contribution in [1.29, 1.82) is 0 Å². The van der Waals surface area contributed by atoms with Crippen LogP contribution in [0.4, 0.5) is 0 Å². The third-order valence-electron chi connectivity index (χ3n) is 2.73. The highest BCUT2D eigenvalue weighted by atomic mass is 35.5. The highest BCUT2D eigenvalue weighted by Gasteiger charge is 2.36. The summed E-state index contributed by atoms with van der Waals surface area (Å²) in [7, 11) is 1.34. The molecule has 0 fully saturated rings. The largest absolute Gasteiger partial charge is 0.469 e. The van der Waals surface area contributed by atoms with Gasteiger partial charge in [0, 0.05) is 16.1 Å². The van der Waals surface area contributed by atoms with E-state index in [2.05, 4.69) is 0 Å². The summed E-state index contributed by atoms with van der Waals surface area (Å²) in [5.41, 5.74) is 5.93. The Labute approximate surface area is 111 Å². The number of halogens is 2. The van der Waals surface area contributed by atoms with Gasteiger partial charge in [-0.1, -0.05) is 23.2 Å². The number of esters is 1. The molecule has 0 bridgehead atoms. The van der Waals surface area contributed by atoms with Crippen LogP contribution >= 0.6 is 23.2 Å². The van der Waals surface area contributed by atoms with Crippen molar-refractivity contribution < 1.29 is 9.53 Å². The van der Waals surface area contributed by atoms with Gasteiger partial charge in [0.25, 0.3) is 0 Å². The molecule has 0 aliphatic heterocycles. The fourth-order valence-electron chi connectivity index (χ4n) is 1.56. The summed E-state index contributed by atoms with van der Waals surface area (Å²) in [6, 6.07) is 4.47. The molecule has 94 valence electrons. The average Bonchev–Trinajstić information content (AvgIpc) is 2.25. The summed E-state index contributed by atoms with van der Waals surface area (Å²) in [6.07, 6.45) is 0. The SMILES string of the molecule is COC(=O)C(C)(C)[C@H](N)c1cc(Cl)cc(Cl)c1. The zero-order chi connectivity index (χ0) is 13.2. The van der Waals surface area contributed by atoms with Crippen molar-refractivity contribution in [3.63, 3.8) is 0 Å². The zero-order valence-corrected chi connectivity index (χ0v) is 11.5. The van der Waals surface area contributed by atoms with Gasteiger partial charge in [0.05, 0.1) is 12.5 Å². The minimum Gasteiger partial charge on any atom is -0.469 e. The first-order valence-corrected chi connectivity index (χ1v) is 5.84. The van der Waals surface area contributed by atoms with Crippen molar-refractivity contribution in [2.75, 3.05) is 7.11 Å². The number of benzene rings is 1. The molecule has 0 spiro atoms. The minimum absolute atomic E-state index is 0.374. The lowest BCUT2D eigenvalue weighted by Gasteiger charge is -2.29. The molecule has 0 unspecified atom stereocenters. The molecule has 5 heteroatoms. The molecular formula is C12H15Cl2NO2. The van der Waals surface area contributed by atoms with Crippen LogP contribution in [0.25, 0.3) is 0 Å². The van der Waals surface area contributed by atoms with Gasteiger partial charge >= 0.3 is 5.97 Å². The molecule has 0 aromatic heterocycles. The fraction of sp³-hybridized carbons (Fsp3) is 0.417. The Kier molecular flexibility index (Phi) is 4.42. The van der Waals surface area contributed by atoms with E-state index in [-0.39, 0.29) is 5.97 Å². The van der Waals surface area contributed by atoms with Gasteiger partial charge in [0.15, 0.2) is 0 Å². The molecule has 0 amide bonds. The molecule has 1 aromatic carbocycles. The lowest BCUT2D eigenvalue weighted by molar-refractivity contribution is -0.152. The maximum Gasteiger partial charge on any atom is 0.313 e. The van der Waals surface area contributed by atoms with Gasteiger partial charge in [0.2, 0.25) is 0 Å². The van der Waals surface area contributed by atoms with Crippen LogP contribution in [-0.2, 0) is 9.53 Å². The standard InChI is InChI=1S/C12H15Cl2NO2/c1-12(2,11(16)17-3)10(15)7-4-8(13)6-9(14)5-7/h4-6,10H,15H2,1-3H3/t10-/m1/s1. The topological polar surface area (TPSA) is 52.3 Å². The van der Waals surface area contributed by atoms with Crippen LogP contribution in [0.3, 0.4) is 0 Å². The number of nitrogens with two attached hydrogens (primary N) is 1. The average molecular weight is 276 g/mol. The van der Waals surface area contributed by atoms with Gasteiger partial charge in [-0.3, -0.25) is 4.79 Å². The van der Waals surface area contributed by atoms with E-state index in [4.69, 9.17) is 33.7 Å². The van der Waals surface area contributed by atoms with Crippen LogP contribution < -0.4 is 5.73 Å². The second kappa shape index (κ2) is 5.25. The van der Waals surface area contributed by atoms with Crippen LogP contribution in [-0.4, -0.2) is 13.1 Å². The van der Waals surface area contributed by atoms with E-state index in [0.29, 0.717) is 15.6 Å². The smallest absolute Gasteiger partial charge is 0.313 e. The monoisotopic (exact) mass is 275 g/mol. The van der Waals surface area contributed by atoms with E-state index in [0.717, 1.165) is 0 Å². The molecule has 0 saturated carbocycles. The zero-order valence-electron chi connectivity index (χ0n) is 9.96. The van der Waals surface area contributed by atoms with Crippen molar-refractivity contribution in [2.45, 2.75) is 19.9 Å². The first kappa shape index (κ1) is 14.3. The Bertz CT molecular complexity index is 412. The number of hydrogen-bond acceptors (Lipinski definition) is 3. The summed E-state index contributed by atoms with van der Waals surface area (Å²) in [5, 5.41) is 0.979. The maximum absolute atomic E-state index is 11.6. The lowest BCUT2D eigenvalue weighted by Crippen LogP contribution is -2.37. The third kappa shape index (κ3) is 3.12. The number of carbonyl (C=O) groups is 1. The Morgan fingerprint density at radius 1 is 1.29 bits per heavy atom. The number of rotatable bonds is 3. The van der Waals surface area contributed by atoms with Crippen LogP contribution in [0.1, 0.15) is 25.5 Å². The molecule has 1 atom stereocenters. The molecule has 17 heavy (non-hydrogen) atoms. The molecule has 1 aromatic rings. The second-order valence-corrected chi connectivity index (χ2v) is 5.27. The van der Waals surface area contributed by atoms with E-state index in [1.54, 1.807) is 32.0 Å². The van der Waals surface area contributed by atoms with Crippen molar-refractivity contribution >= 4 is 29.2 Å². The molecule has 0 heterocycles. The number of ether oxygens (including phenoxy) is 1. The van der Waals surface area contributed by atoms with Crippen LogP contribution in [0, 0.1) is 5.41 Å². The van der Waals surface area contributed by atoms with E-state index in [9.17, 15) is 4.79 Å². The first-order chi connectivity index (χ1) is 7.78. The van der Waals surface area contributed by atoms with Gasteiger partial charge in [-0.15, -0.1) is 0 Å². The number of carbonyl (C=O) groups excluding carboxylic acids is 1. The highest BCUT2D eigenvalue weighted by Crippen LogP contribution is 2.34. The van der Waals surface area contributed by atoms with Crippen LogP contribution in [0.2, 0.25) is 10.0 Å². The van der Waals surface area contributed by atoms with Crippen molar-refractivity contribution in [1.82, 2.24) is 0 Å². The molecule has 1 rings (SSSR count). The summed E-state index contributed by atoms with van der Waals surface area (Å²) < 4.78 is 4.73. The van der Waals surface area contributed by atoms with E-state index in [1.165, 1.54) is 7.11 Å². The van der Waals surface area contributed by atoms with E-state index >= 15 is 0 Å². The molecule has 0 aliphatic rings. The summed E-state index contributed by atoms with van der Waals surface area (Å²) in [4.78, 5) is 11.6. The Balaban J connectivity index is 3.11. The Morgan fingerprint density at radius 3 is 2.18 bits per heavy atom. The summed E-state index contributed by atoms with van der Waals surface area (Å²) >= 11 is 11.8. The van der Waals surface area contributed by atoms with Crippen LogP contribution in [0.15, 0.2) is 18.2 Å². The Hall–Kier alpha value is -0.770. The van der Waals surface area contributed by atoms with E-state index < -0.39 is 11.5 Å². The van der Waals surface area contributed by atoms with Gasteiger partial charge in [-0.2, -0.15) is 0 Å². The van der Waals surface area contributed by atoms with Crippen LogP contribution in [0.5, 0.6) is 0 Å². The molecule has 0 saturated heterocycles. The lowest BCUT2D eigenvalue weighted by atomic mass is 9.81. The van der Waals surface area contributed by atoms with E-state index in [1.807, 2.05) is 0 Å². The number of methoxy groups -OCH3 is 1. The van der Waals surface area contributed by atoms with Gasteiger partial charge in [-0.25, -0.2) is 0 Å². The van der Waals surface area contributed by atoms with Crippen molar-refractivity contribution in [2.24, 2.45) is 11.1 Å². The second-order valence-electron chi connectivity index (χ2n) is 4.39. The predicted molar refractivity (Wildman–Crippen MR) is 69.2 cm³/mol. The maximum atomic E-state index is 11.6. The third-order valence-corrected chi connectivity index (χ3v) is 3.17. The first-order valence-electron chi connectivity index (χ1n) is 5.09. The molecular weight excluding hydrogens is 261 g/mol. The fourth-order valence-corrected chi connectivity index (χ4v) is 2.10. The number of hydrogen-bond donors (Lipinski definition) is 1. The quantitative estimate of drug-likeness (QED) is 0.862. The highest BCUT2D eigenvalue weighted by molar-refractivity contribution is 6.34. The normalized spacial score (nSPS) is 13.3. The van der Waals surface area contributed by atoms with Gasteiger partial charge < -0.3 is 10.5 Å². The predicted octanol–water partition coefficient (Wildman–Crippen LogP) is 3.19. The van der Waals surface area contributed by atoms with Crippen molar-refractivity contribution in [3.8, 4) is 0 Å². The molecule has 0 radical (unpaired) electrons. The van der Waals surface area contributed by atoms with Gasteiger partial charge in [-0.05, 0) is 37.6 Å². The minimum atomic E-state index is -0.844. The Morgan fingerprint density at radius 2 is 1.76 bits per heavy atom. The van der Waals surface area contributed by atoms with Crippen molar-refractivity contribution in [3.05, 3.63) is 33.8 Å². The summed E-state index contributed by atoms with van der Waals surface area (Å²) in [5.74, 6) is -0.374. The molecule has 2 N–H and O–H groups in total. The van der Waals surface area contributed by atoms with Gasteiger partial charge in [0.1, 0.15) is 0 Å². The molecule has 0 aliphatic carbocycles.